The monoisotopic (exact) mass is 1130 g/mol. The van der Waals surface area contributed by atoms with Gasteiger partial charge in [0.1, 0.15) is 11.5 Å². The molecule has 0 radical (unpaired) electrons. The summed E-state index contributed by atoms with van der Waals surface area (Å²) in [5.74, 6) is 1.95. The molecule has 8 aromatic rings. The predicted octanol–water partition coefficient (Wildman–Crippen LogP) is 25.2. The van der Waals surface area contributed by atoms with E-state index in [4.69, 9.17) is 9.47 Å². The van der Waals surface area contributed by atoms with Crippen molar-refractivity contribution < 1.29 is 9.47 Å². The van der Waals surface area contributed by atoms with Gasteiger partial charge in [-0.05, 0) is 179 Å². The Bertz CT molecular complexity index is 2830. The van der Waals surface area contributed by atoms with E-state index in [0.717, 1.165) is 37.6 Å². The van der Waals surface area contributed by atoms with Crippen molar-refractivity contribution in [1.29, 1.82) is 0 Å². The highest BCUT2D eigenvalue weighted by Crippen LogP contribution is 2.57. The second kappa shape index (κ2) is 30.9. The minimum atomic E-state index is -0.0125. The standard InChI is InChI=1S/C73H90O2S4/c1-5-9-13-17-21-25-49-73(50-26-22-18-14-10-6-2)63-53-57(67-43-47-71(78-67)69-45-41-65(76-69)55-29-35-59(36-30-55)74-51-27-23-19-15-11-7-3)33-39-61(63)62-40-34-58(54-64(62)73)68-44-48-72(79-68)70-46-42-66(77-70)56-31-37-60(38-32-56)75-52-28-24-20-16-12-8-4/h29-48,53-54H,5-28,49-52H2,1-4H3. The lowest BCUT2D eigenvalue weighted by Crippen LogP contribution is -2.25. The van der Waals surface area contributed by atoms with Crippen LogP contribution >= 0.6 is 45.3 Å². The highest BCUT2D eigenvalue weighted by molar-refractivity contribution is 7.25. The number of thiophene rings is 4. The third-order valence-electron chi connectivity index (χ3n) is 16.6. The Labute approximate surface area is 493 Å². The van der Waals surface area contributed by atoms with Gasteiger partial charge >= 0.3 is 0 Å². The highest BCUT2D eigenvalue weighted by Gasteiger charge is 2.43. The Kier molecular flexibility index (Phi) is 23.1. The molecule has 6 heteroatoms. The predicted molar refractivity (Wildman–Crippen MR) is 351 cm³/mol. The minimum Gasteiger partial charge on any atom is -0.494 e. The largest absolute Gasteiger partial charge is 0.494 e. The highest BCUT2D eigenvalue weighted by atomic mass is 32.1. The lowest BCUT2D eigenvalue weighted by atomic mass is 9.70. The van der Waals surface area contributed by atoms with Crippen LogP contribution in [0.1, 0.15) is 206 Å². The number of hydrogen-bond acceptors (Lipinski definition) is 6. The Hall–Kier alpha value is -4.72. The average molecular weight is 1130 g/mol. The molecule has 0 saturated heterocycles. The minimum absolute atomic E-state index is 0.0125. The summed E-state index contributed by atoms with van der Waals surface area (Å²) < 4.78 is 12.3. The fourth-order valence-corrected chi connectivity index (χ4v) is 16.2. The molecular formula is C73H90O2S4. The summed E-state index contributed by atoms with van der Waals surface area (Å²) in [5, 5.41) is 0. The van der Waals surface area contributed by atoms with Gasteiger partial charge in [-0.1, -0.05) is 193 Å². The van der Waals surface area contributed by atoms with Gasteiger partial charge in [-0.15, -0.1) is 45.3 Å². The first-order chi connectivity index (χ1) is 39.0. The maximum atomic E-state index is 6.13. The summed E-state index contributed by atoms with van der Waals surface area (Å²) in [6, 6.07) is 51.4. The first kappa shape index (κ1) is 58.9. The van der Waals surface area contributed by atoms with E-state index in [9.17, 15) is 0 Å². The SMILES string of the molecule is CCCCCCCCOc1ccc(-c2ccc(-c3ccc(-c4ccc5c(c4)C(CCCCCCCC)(CCCCCCCC)c4cc(-c6ccc(-c7ccc(-c8ccc(OCCCCCCCC)cc8)s7)s6)ccc4-5)s3)s2)cc1. The van der Waals surface area contributed by atoms with Crippen molar-refractivity contribution in [3.05, 3.63) is 145 Å². The molecule has 4 heterocycles. The molecule has 0 atom stereocenters. The Balaban J connectivity index is 0.938. The maximum Gasteiger partial charge on any atom is 0.119 e. The number of unbranched alkanes of at least 4 members (excludes halogenated alkanes) is 20. The summed E-state index contributed by atoms with van der Waals surface area (Å²) >= 11 is 7.69. The number of ether oxygens (including phenoxy) is 2. The summed E-state index contributed by atoms with van der Waals surface area (Å²) in [6.45, 7) is 10.8. The normalized spacial score (nSPS) is 12.6. The molecule has 0 aliphatic heterocycles. The van der Waals surface area contributed by atoms with E-state index >= 15 is 0 Å². The fraction of sp³-hybridized carbons (Fsp3) is 0.452. The molecule has 0 N–H and O–H groups in total. The summed E-state index contributed by atoms with van der Waals surface area (Å²) in [7, 11) is 0. The molecule has 0 bridgehead atoms. The van der Waals surface area contributed by atoms with Crippen molar-refractivity contribution in [3.63, 3.8) is 0 Å². The van der Waals surface area contributed by atoms with Gasteiger partial charge in [0.2, 0.25) is 0 Å². The topological polar surface area (TPSA) is 18.5 Å². The van der Waals surface area contributed by atoms with Gasteiger partial charge in [0, 0.05) is 44.4 Å². The van der Waals surface area contributed by atoms with Crippen LogP contribution in [0.2, 0.25) is 0 Å². The number of fused-ring (bicyclic) bond motifs is 3. The van der Waals surface area contributed by atoms with Crippen LogP contribution < -0.4 is 9.47 Å². The molecule has 418 valence electrons. The first-order valence-corrected chi connectivity index (χ1v) is 34.4. The average Bonchev–Trinajstić information content (AvgIpc) is 4.46. The zero-order valence-corrected chi connectivity index (χ0v) is 51.7. The van der Waals surface area contributed by atoms with Crippen LogP contribution in [0.25, 0.3) is 72.4 Å². The van der Waals surface area contributed by atoms with Crippen LogP contribution in [0, 0.1) is 0 Å². The molecule has 1 aliphatic rings. The van der Waals surface area contributed by atoms with Gasteiger partial charge in [0.05, 0.1) is 13.2 Å². The quantitative estimate of drug-likeness (QED) is 0.0365. The van der Waals surface area contributed by atoms with Crippen LogP contribution in [-0.4, -0.2) is 13.2 Å². The lowest BCUT2D eigenvalue weighted by molar-refractivity contribution is 0.304. The molecule has 4 aromatic carbocycles. The van der Waals surface area contributed by atoms with E-state index in [0.29, 0.717) is 0 Å². The van der Waals surface area contributed by atoms with Crippen molar-refractivity contribution >= 4 is 45.3 Å². The van der Waals surface area contributed by atoms with Crippen molar-refractivity contribution in [2.45, 2.75) is 200 Å². The van der Waals surface area contributed by atoms with Gasteiger partial charge in [0.25, 0.3) is 0 Å². The number of benzene rings is 4. The molecule has 1 aliphatic carbocycles. The van der Waals surface area contributed by atoms with Crippen LogP contribution in [-0.2, 0) is 5.41 Å². The maximum absolute atomic E-state index is 6.13. The van der Waals surface area contributed by atoms with Crippen LogP contribution in [0.3, 0.4) is 0 Å². The number of hydrogen-bond donors (Lipinski definition) is 0. The van der Waals surface area contributed by atoms with Crippen LogP contribution in [0.4, 0.5) is 0 Å². The smallest absolute Gasteiger partial charge is 0.119 e. The zero-order chi connectivity index (χ0) is 54.5. The van der Waals surface area contributed by atoms with E-state index in [-0.39, 0.29) is 5.41 Å². The fourth-order valence-electron chi connectivity index (χ4n) is 12.0. The van der Waals surface area contributed by atoms with Crippen molar-refractivity contribution in [2.24, 2.45) is 0 Å². The summed E-state index contributed by atoms with van der Waals surface area (Å²) in [5.41, 5.74) is 11.3. The molecule has 0 fully saturated rings. The van der Waals surface area contributed by atoms with Crippen molar-refractivity contribution in [1.82, 2.24) is 0 Å². The van der Waals surface area contributed by atoms with E-state index in [1.54, 1.807) is 11.1 Å². The van der Waals surface area contributed by atoms with Crippen LogP contribution in [0.5, 0.6) is 11.5 Å². The lowest BCUT2D eigenvalue weighted by Gasteiger charge is -2.33. The first-order valence-electron chi connectivity index (χ1n) is 31.2. The van der Waals surface area contributed by atoms with E-state index < -0.39 is 0 Å². The van der Waals surface area contributed by atoms with Crippen molar-refractivity contribution in [2.75, 3.05) is 13.2 Å². The second-order valence-corrected chi connectivity index (χ2v) is 26.9. The summed E-state index contributed by atoms with van der Waals surface area (Å²) in [4.78, 5) is 10.7. The third-order valence-corrected chi connectivity index (χ3v) is 21.5. The van der Waals surface area contributed by atoms with Crippen LogP contribution in [0.15, 0.2) is 133 Å². The van der Waals surface area contributed by atoms with E-state index in [2.05, 4.69) is 161 Å². The molecule has 0 spiro atoms. The van der Waals surface area contributed by atoms with E-state index in [1.165, 1.54) is 226 Å². The van der Waals surface area contributed by atoms with Gasteiger partial charge in [-0.25, -0.2) is 0 Å². The third kappa shape index (κ3) is 15.8. The molecule has 4 aromatic heterocycles. The van der Waals surface area contributed by atoms with E-state index in [1.807, 2.05) is 45.3 Å². The molecule has 79 heavy (non-hydrogen) atoms. The van der Waals surface area contributed by atoms with Gasteiger partial charge in [-0.2, -0.15) is 0 Å². The Morgan fingerprint density at radius 2 is 0.557 bits per heavy atom. The molecular weight excluding hydrogens is 1040 g/mol. The molecule has 9 rings (SSSR count). The van der Waals surface area contributed by atoms with Gasteiger partial charge in [-0.3, -0.25) is 0 Å². The molecule has 0 unspecified atom stereocenters. The van der Waals surface area contributed by atoms with Crippen molar-refractivity contribution in [3.8, 4) is 83.9 Å². The second-order valence-electron chi connectivity index (χ2n) is 22.6. The Morgan fingerprint density at radius 3 is 0.899 bits per heavy atom. The Morgan fingerprint density at radius 1 is 0.278 bits per heavy atom. The summed E-state index contributed by atoms with van der Waals surface area (Å²) in [6.07, 6.45) is 33.6. The molecule has 2 nitrogen and oxygen atoms in total. The number of rotatable bonds is 36. The molecule has 0 amide bonds. The zero-order valence-electron chi connectivity index (χ0n) is 48.5. The van der Waals surface area contributed by atoms with Gasteiger partial charge in [0.15, 0.2) is 0 Å². The molecule has 0 saturated carbocycles. The van der Waals surface area contributed by atoms with Gasteiger partial charge < -0.3 is 9.47 Å².